The lowest BCUT2D eigenvalue weighted by atomic mass is 9.82. The Hall–Kier alpha value is -0.0800. The first-order chi connectivity index (χ1) is 8.10. The second kappa shape index (κ2) is 4.89. The van der Waals surface area contributed by atoms with Crippen molar-refractivity contribution in [2.24, 2.45) is 5.92 Å². The molecule has 0 spiro atoms. The van der Waals surface area contributed by atoms with Gasteiger partial charge in [0, 0.05) is 24.2 Å². The van der Waals surface area contributed by atoms with E-state index in [0.29, 0.717) is 11.1 Å². The summed E-state index contributed by atoms with van der Waals surface area (Å²) in [4.78, 5) is 2.80. The number of piperazine rings is 1. The van der Waals surface area contributed by atoms with E-state index in [9.17, 15) is 0 Å². The van der Waals surface area contributed by atoms with Crippen LogP contribution in [0.2, 0.25) is 0 Å². The summed E-state index contributed by atoms with van der Waals surface area (Å²) in [5.41, 5.74) is 0.813. The lowest BCUT2D eigenvalue weighted by molar-refractivity contribution is -0.00197. The summed E-state index contributed by atoms with van der Waals surface area (Å²) in [7, 11) is 0. The van der Waals surface area contributed by atoms with Gasteiger partial charge in [-0.2, -0.15) is 0 Å². The fourth-order valence-electron chi connectivity index (χ4n) is 3.52. The molecule has 1 N–H and O–H groups in total. The molecule has 2 nitrogen and oxygen atoms in total. The number of nitrogens with one attached hydrogen (secondary N) is 1. The summed E-state index contributed by atoms with van der Waals surface area (Å²) < 4.78 is 0. The van der Waals surface area contributed by atoms with Gasteiger partial charge in [0.25, 0.3) is 0 Å². The molecule has 1 heterocycles. The smallest absolute Gasteiger partial charge is 0.0334 e. The first-order valence-electron chi connectivity index (χ1n) is 7.60. The van der Waals surface area contributed by atoms with Crippen LogP contribution in [0.1, 0.15) is 59.8 Å². The molecule has 0 aromatic rings. The van der Waals surface area contributed by atoms with E-state index in [4.69, 9.17) is 0 Å². The van der Waals surface area contributed by atoms with Gasteiger partial charge in [0.05, 0.1) is 0 Å². The predicted molar refractivity (Wildman–Crippen MR) is 74.3 cm³/mol. The predicted octanol–water partition coefficient (Wildman–Crippen LogP) is 3.03. The third kappa shape index (κ3) is 2.39. The third-order valence-corrected chi connectivity index (χ3v) is 5.34. The third-order valence-electron chi connectivity index (χ3n) is 5.34. The Labute approximate surface area is 107 Å². The molecule has 0 amide bonds. The van der Waals surface area contributed by atoms with Crippen molar-refractivity contribution in [3.63, 3.8) is 0 Å². The van der Waals surface area contributed by atoms with Crippen LogP contribution in [0.3, 0.4) is 0 Å². The molecular formula is C15H30N2. The van der Waals surface area contributed by atoms with Crippen molar-refractivity contribution in [2.45, 2.75) is 70.9 Å². The maximum Gasteiger partial charge on any atom is 0.0334 e. The van der Waals surface area contributed by atoms with Gasteiger partial charge in [0.2, 0.25) is 0 Å². The number of nitrogens with zero attached hydrogens (tertiary/aromatic N) is 1. The molecule has 0 bridgehead atoms. The monoisotopic (exact) mass is 238 g/mol. The van der Waals surface area contributed by atoms with Crippen LogP contribution in [0, 0.1) is 5.92 Å². The van der Waals surface area contributed by atoms with Gasteiger partial charge in [0.1, 0.15) is 0 Å². The van der Waals surface area contributed by atoms with E-state index in [2.05, 4.69) is 37.9 Å². The van der Waals surface area contributed by atoms with Crippen LogP contribution in [0.5, 0.6) is 0 Å². The van der Waals surface area contributed by atoms with Gasteiger partial charge in [-0.05, 0) is 51.5 Å². The second-order valence-electron chi connectivity index (χ2n) is 6.39. The molecule has 1 saturated heterocycles. The number of hydrogen-bond acceptors (Lipinski definition) is 2. The van der Waals surface area contributed by atoms with Crippen molar-refractivity contribution in [3.8, 4) is 0 Å². The van der Waals surface area contributed by atoms with Gasteiger partial charge in [-0.15, -0.1) is 0 Å². The Balaban J connectivity index is 2.12. The topological polar surface area (TPSA) is 15.3 Å². The van der Waals surface area contributed by atoms with Gasteiger partial charge >= 0.3 is 0 Å². The molecule has 2 heteroatoms. The van der Waals surface area contributed by atoms with Crippen LogP contribution in [-0.4, -0.2) is 35.6 Å². The van der Waals surface area contributed by atoms with Crippen molar-refractivity contribution in [1.29, 1.82) is 0 Å². The Bertz CT molecular complexity index is 256. The molecule has 100 valence electrons. The first kappa shape index (κ1) is 13.4. The van der Waals surface area contributed by atoms with E-state index >= 15 is 0 Å². The van der Waals surface area contributed by atoms with Gasteiger partial charge < -0.3 is 5.32 Å². The summed E-state index contributed by atoms with van der Waals surface area (Å²) in [6.07, 6.45) is 6.69. The van der Waals surface area contributed by atoms with Crippen molar-refractivity contribution in [1.82, 2.24) is 10.2 Å². The van der Waals surface area contributed by atoms with Crippen LogP contribution in [0.25, 0.3) is 0 Å². The Kier molecular flexibility index (Phi) is 3.84. The Morgan fingerprint density at radius 1 is 1.18 bits per heavy atom. The molecule has 1 aliphatic carbocycles. The molecule has 2 fully saturated rings. The van der Waals surface area contributed by atoms with E-state index in [1.54, 1.807) is 0 Å². The minimum absolute atomic E-state index is 0.379. The normalized spacial score (nSPS) is 33.9. The van der Waals surface area contributed by atoms with E-state index in [1.165, 1.54) is 51.7 Å². The fraction of sp³-hybridized carbons (Fsp3) is 1.00. The van der Waals surface area contributed by atoms with Crippen LogP contribution in [-0.2, 0) is 0 Å². The average molecular weight is 238 g/mol. The van der Waals surface area contributed by atoms with Crippen LogP contribution >= 0.6 is 0 Å². The summed E-state index contributed by atoms with van der Waals surface area (Å²) >= 11 is 0. The van der Waals surface area contributed by atoms with E-state index in [-0.39, 0.29) is 0 Å². The number of hydrogen-bond donors (Lipinski definition) is 1. The molecule has 1 unspecified atom stereocenters. The SMILES string of the molecule is CCCN1CC(CC)(CC)NCC1(C)C1CC1. The lowest BCUT2D eigenvalue weighted by Crippen LogP contribution is -2.69. The van der Waals surface area contributed by atoms with Gasteiger partial charge in [-0.1, -0.05) is 20.8 Å². The minimum atomic E-state index is 0.379. The highest BCUT2D eigenvalue weighted by molar-refractivity contribution is 5.08. The number of rotatable bonds is 5. The summed E-state index contributed by atoms with van der Waals surface area (Å²) in [5.74, 6) is 0.952. The quantitative estimate of drug-likeness (QED) is 0.792. The summed E-state index contributed by atoms with van der Waals surface area (Å²) in [5, 5.41) is 3.89. The van der Waals surface area contributed by atoms with Gasteiger partial charge in [0.15, 0.2) is 0 Å². The molecule has 2 rings (SSSR count). The minimum Gasteiger partial charge on any atom is -0.308 e. The molecule has 0 aromatic carbocycles. The molecular weight excluding hydrogens is 208 g/mol. The zero-order chi connectivity index (χ0) is 12.5. The highest BCUT2D eigenvalue weighted by Gasteiger charge is 2.50. The van der Waals surface area contributed by atoms with Crippen molar-refractivity contribution in [3.05, 3.63) is 0 Å². The highest BCUT2D eigenvalue weighted by atomic mass is 15.3. The molecule has 1 saturated carbocycles. The molecule has 17 heavy (non-hydrogen) atoms. The Morgan fingerprint density at radius 3 is 2.29 bits per heavy atom. The van der Waals surface area contributed by atoms with E-state index in [1.807, 2.05) is 0 Å². The summed E-state index contributed by atoms with van der Waals surface area (Å²) in [6, 6.07) is 0. The maximum absolute atomic E-state index is 3.89. The van der Waals surface area contributed by atoms with Crippen molar-refractivity contribution in [2.75, 3.05) is 19.6 Å². The van der Waals surface area contributed by atoms with Gasteiger partial charge in [-0.25, -0.2) is 0 Å². The summed E-state index contributed by atoms with van der Waals surface area (Å²) in [6.45, 7) is 13.2. The zero-order valence-electron chi connectivity index (χ0n) is 12.2. The van der Waals surface area contributed by atoms with Crippen molar-refractivity contribution < 1.29 is 0 Å². The van der Waals surface area contributed by atoms with Gasteiger partial charge in [-0.3, -0.25) is 4.90 Å². The van der Waals surface area contributed by atoms with E-state index in [0.717, 1.165) is 5.92 Å². The standard InChI is InChI=1S/C15H30N2/c1-5-10-17-12-15(6-2,7-3)16-11-14(17,4)13-8-9-13/h13,16H,5-12H2,1-4H3. The molecule has 0 aromatic heterocycles. The largest absolute Gasteiger partial charge is 0.308 e. The molecule has 1 atom stereocenters. The Morgan fingerprint density at radius 2 is 1.82 bits per heavy atom. The second-order valence-corrected chi connectivity index (χ2v) is 6.39. The molecule has 1 aliphatic heterocycles. The average Bonchev–Trinajstić information content (AvgIpc) is 3.17. The lowest BCUT2D eigenvalue weighted by Gasteiger charge is -2.54. The molecule has 2 aliphatic rings. The highest BCUT2D eigenvalue weighted by Crippen LogP contribution is 2.45. The zero-order valence-corrected chi connectivity index (χ0v) is 12.2. The van der Waals surface area contributed by atoms with E-state index < -0.39 is 0 Å². The van der Waals surface area contributed by atoms with Crippen LogP contribution in [0.4, 0.5) is 0 Å². The van der Waals surface area contributed by atoms with Crippen LogP contribution in [0.15, 0.2) is 0 Å². The fourth-order valence-corrected chi connectivity index (χ4v) is 3.52. The molecule has 0 radical (unpaired) electrons. The first-order valence-corrected chi connectivity index (χ1v) is 7.60. The van der Waals surface area contributed by atoms with Crippen LogP contribution < -0.4 is 5.32 Å². The van der Waals surface area contributed by atoms with Crippen molar-refractivity contribution >= 4 is 0 Å². The maximum atomic E-state index is 3.89.